The lowest BCUT2D eigenvalue weighted by Gasteiger charge is -2.20. The van der Waals surface area contributed by atoms with E-state index in [0.717, 1.165) is 30.2 Å². The maximum absolute atomic E-state index is 12.8. The third kappa shape index (κ3) is 4.79. The van der Waals surface area contributed by atoms with E-state index in [1.807, 2.05) is 36.6 Å². The number of benzene rings is 1. The Morgan fingerprint density at radius 3 is 2.38 bits per heavy atom. The number of fused-ring (bicyclic) bond motifs is 1. The van der Waals surface area contributed by atoms with E-state index in [-0.39, 0.29) is 5.76 Å². The van der Waals surface area contributed by atoms with Crippen LogP contribution in [0.4, 0.5) is 0 Å². The van der Waals surface area contributed by atoms with Crippen LogP contribution < -0.4 is 20.3 Å². The Kier molecular flexibility index (Phi) is 6.93. The van der Waals surface area contributed by atoms with Gasteiger partial charge in [-0.1, -0.05) is 13.8 Å². The monoisotopic (exact) mass is 466 g/mol. The molecule has 3 heterocycles. The summed E-state index contributed by atoms with van der Waals surface area (Å²) in [6.07, 6.45) is 0. The highest BCUT2D eigenvalue weighted by Crippen LogP contribution is 2.33. The molecule has 0 saturated heterocycles. The highest BCUT2D eigenvalue weighted by atomic mass is 16.6. The zero-order valence-corrected chi connectivity index (χ0v) is 19.9. The number of hydrazine groups is 1. The number of hydrogen-bond acceptors (Lipinski definition) is 6. The number of amides is 2. The van der Waals surface area contributed by atoms with E-state index in [2.05, 4.69) is 29.6 Å². The lowest BCUT2D eigenvalue weighted by Crippen LogP contribution is -2.41. The lowest BCUT2D eigenvalue weighted by molar-refractivity contribution is 0.0828. The van der Waals surface area contributed by atoms with Gasteiger partial charge in [-0.3, -0.25) is 25.3 Å². The third-order valence-corrected chi connectivity index (χ3v) is 5.91. The molecule has 4 rings (SSSR count). The van der Waals surface area contributed by atoms with Gasteiger partial charge in [0.05, 0.1) is 12.1 Å². The van der Waals surface area contributed by atoms with Gasteiger partial charge in [-0.2, -0.15) is 0 Å². The molecule has 1 aliphatic rings. The maximum Gasteiger partial charge on any atom is 0.305 e. The van der Waals surface area contributed by atoms with Crippen LogP contribution in [-0.4, -0.2) is 47.6 Å². The van der Waals surface area contributed by atoms with E-state index in [4.69, 9.17) is 13.9 Å². The summed E-state index contributed by atoms with van der Waals surface area (Å²) in [4.78, 5) is 27.5. The van der Waals surface area contributed by atoms with Crippen molar-refractivity contribution in [1.82, 2.24) is 20.3 Å². The summed E-state index contributed by atoms with van der Waals surface area (Å²) in [6, 6.07) is 10.8. The van der Waals surface area contributed by atoms with Crippen molar-refractivity contribution in [3.8, 4) is 17.2 Å². The molecule has 0 unspecified atom stereocenters. The quantitative estimate of drug-likeness (QED) is 0.518. The fraction of sp³-hybridized carbons (Fsp3) is 0.360. The first-order valence-corrected chi connectivity index (χ1v) is 11.4. The normalized spacial score (nSPS) is 12.6. The van der Waals surface area contributed by atoms with Crippen molar-refractivity contribution < 1.29 is 23.5 Å². The molecule has 2 amide bonds. The minimum Gasteiger partial charge on any atom is -0.486 e. The summed E-state index contributed by atoms with van der Waals surface area (Å²) in [6.45, 7) is 11.3. The van der Waals surface area contributed by atoms with E-state index in [9.17, 15) is 9.59 Å². The Morgan fingerprint density at radius 2 is 1.65 bits per heavy atom. The molecule has 3 aromatic rings. The predicted octanol–water partition coefficient (Wildman–Crippen LogP) is 3.37. The standard InChI is InChI=1S/C25H30N4O5/c1-5-28(6-2)15-19-8-10-22(34-19)25(31)27-26-24(30)20-13-16(3)29(17(20)4)18-7-9-21-23(14-18)33-12-11-32-21/h7-10,13-14H,5-6,11-12,15H2,1-4H3,(H,26,30)(H,27,31). The van der Waals surface area contributed by atoms with Gasteiger partial charge in [0.25, 0.3) is 5.91 Å². The molecule has 2 aromatic heterocycles. The topological polar surface area (TPSA) is 98.0 Å². The fourth-order valence-electron chi connectivity index (χ4n) is 4.06. The molecule has 0 aliphatic carbocycles. The Labute approximate surface area is 198 Å². The summed E-state index contributed by atoms with van der Waals surface area (Å²) < 4.78 is 18.9. The maximum atomic E-state index is 12.8. The number of hydrogen-bond donors (Lipinski definition) is 2. The summed E-state index contributed by atoms with van der Waals surface area (Å²) in [5, 5.41) is 0. The number of rotatable bonds is 7. The zero-order chi connectivity index (χ0) is 24.2. The molecular weight excluding hydrogens is 436 g/mol. The molecule has 0 fully saturated rings. The van der Waals surface area contributed by atoms with Crippen LogP contribution in [0.3, 0.4) is 0 Å². The molecule has 0 radical (unpaired) electrons. The van der Waals surface area contributed by atoms with Gasteiger partial charge in [-0.05, 0) is 57.3 Å². The van der Waals surface area contributed by atoms with Gasteiger partial charge in [0.15, 0.2) is 17.3 Å². The van der Waals surface area contributed by atoms with Gasteiger partial charge in [0, 0.05) is 23.1 Å². The highest BCUT2D eigenvalue weighted by molar-refractivity contribution is 5.99. The smallest absolute Gasteiger partial charge is 0.305 e. The first-order valence-electron chi connectivity index (χ1n) is 11.4. The summed E-state index contributed by atoms with van der Waals surface area (Å²) in [5.74, 6) is 1.29. The highest BCUT2D eigenvalue weighted by Gasteiger charge is 2.20. The van der Waals surface area contributed by atoms with E-state index < -0.39 is 11.8 Å². The van der Waals surface area contributed by atoms with Gasteiger partial charge in [0.1, 0.15) is 19.0 Å². The number of nitrogens with zero attached hydrogens (tertiary/aromatic N) is 2. The first-order chi connectivity index (χ1) is 16.4. The van der Waals surface area contributed by atoms with Crippen LogP contribution in [-0.2, 0) is 6.54 Å². The van der Waals surface area contributed by atoms with Crippen molar-refractivity contribution in [2.24, 2.45) is 0 Å². The SMILES string of the molecule is CCN(CC)Cc1ccc(C(=O)NNC(=O)c2cc(C)n(-c3ccc4c(c3)OCCO4)c2C)o1. The summed E-state index contributed by atoms with van der Waals surface area (Å²) in [7, 11) is 0. The van der Waals surface area contributed by atoms with E-state index in [1.54, 1.807) is 18.2 Å². The average Bonchev–Trinajstić information content (AvgIpc) is 3.44. The molecule has 9 heteroatoms. The van der Waals surface area contributed by atoms with Crippen molar-refractivity contribution in [2.45, 2.75) is 34.2 Å². The number of aryl methyl sites for hydroxylation is 1. The van der Waals surface area contributed by atoms with Gasteiger partial charge >= 0.3 is 5.91 Å². The van der Waals surface area contributed by atoms with Gasteiger partial charge in [-0.15, -0.1) is 0 Å². The van der Waals surface area contributed by atoms with E-state index in [0.29, 0.717) is 42.6 Å². The van der Waals surface area contributed by atoms with Gasteiger partial charge in [-0.25, -0.2) is 0 Å². The van der Waals surface area contributed by atoms with Crippen molar-refractivity contribution in [3.05, 3.63) is 64.9 Å². The number of carbonyl (C=O) groups excluding carboxylic acids is 2. The van der Waals surface area contributed by atoms with Crippen molar-refractivity contribution in [1.29, 1.82) is 0 Å². The summed E-state index contributed by atoms with van der Waals surface area (Å²) >= 11 is 0. The molecule has 0 spiro atoms. The van der Waals surface area contributed by atoms with E-state index >= 15 is 0 Å². The zero-order valence-electron chi connectivity index (χ0n) is 19.9. The predicted molar refractivity (Wildman–Crippen MR) is 126 cm³/mol. The minimum absolute atomic E-state index is 0.143. The molecule has 0 bridgehead atoms. The second-order valence-electron chi connectivity index (χ2n) is 8.08. The van der Waals surface area contributed by atoms with Gasteiger partial charge < -0.3 is 18.5 Å². The first kappa shape index (κ1) is 23.4. The largest absolute Gasteiger partial charge is 0.486 e. The second-order valence-corrected chi connectivity index (χ2v) is 8.08. The van der Waals surface area contributed by atoms with Crippen molar-refractivity contribution >= 4 is 11.8 Å². The van der Waals surface area contributed by atoms with Crippen molar-refractivity contribution in [2.75, 3.05) is 26.3 Å². The Hall–Kier alpha value is -3.72. The number of furan rings is 1. The lowest BCUT2D eigenvalue weighted by atomic mass is 10.2. The number of nitrogens with one attached hydrogen (secondary N) is 2. The molecule has 0 atom stereocenters. The van der Waals surface area contributed by atoms with Crippen molar-refractivity contribution in [3.63, 3.8) is 0 Å². The second kappa shape index (κ2) is 10.0. The van der Waals surface area contributed by atoms with Crippen LogP contribution in [0.5, 0.6) is 11.5 Å². The number of aromatic nitrogens is 1. The number of carbonyl (C=O) groups is 2. The summed E-state index contributed by atoms with van der Waals surface area (Å²) in [5.41, 5.74) is 7.84. The molecule has 1 aromatic carbocycles. The molecule has 0 saturated carbocycles. The van der Waals surface area contributed by atoms with Crippen LogP contribution in [0.15, 0.2) is 40.8 Å². The average molecular weight is 467 g/mol. The third-order valence-electron chi connectivity index (χ3n) is 5.91. The van der Waals surface area contributed by atoms with Crippen LogP contribution in [0, 0.1) is 13.8 Å². The molecule has 9 nitrogen and oxygen atoms in total. The Bertz CT molecular complexity index is 1190. The van der Waals surface area contributed by atoms with Crippen LogP contribution in [0.2, 0.25) is 0 Å². The van der Waals surface area contributed by atoms with E-state index in [1.165, 1.54) is 0 Å². The Balaban J connectivity index is 1.43. The molecule has 1 aliphatic heterocycles. The van der Waals surface area contributed by atoms with Gasteiger partial charge in [0.2, 0.25) is 0 Å². The van der Waals surface area contributed by atoms with Crippen LogP contribution >= 0.6 is 0 Å². The molecule has 2 N–H and O–H groups in total. The Morgan fingerprint density at radius 1 is 0.941 bits per heavy atom. The van der Waals surface area contributed by atoms with Crippen LogP contribution in [0.25, 0.3) is 5.69 Å². The fourth-order valence-corrected chi connectivity index (χ4v) is 4.06. The number of ether oxygens (including phenoxy) is 2. The molecule has 180 valence electrons. The molecular formula is C25H30N4O5. The minimum atomic E-state index is -0.514. The molecule has 34 heavy (non-hydrogen) atoms. The van der Waals surface area contributed by atoms with Crippen LogP contribution in [0.1, 0.15) is 51.9 Å².